The van der Waals surface area contributed by atoms with Gasteiger partial charge in [-0.05, 0) is 42.5 Å². The minimum Gasteiger partial charge on any atom is -0.463 e. The molecule has 3 aromatic rings. The molecule has 3 aliphatic heterocycles. The van der Waals surface area contributed by atoms with Crippen molar-refractivity contribution in [3.05, 3.63) is 126 Å². The molecule has 0 aliphatic carbocycles. The number of alkyl halides is 1. The Balaban J connectivity index is 1.39. The second kappa shape index (κ2) is 16.8. The highest BCUT2D eigenvalue weighted by Crippen LogP contribution is 2.61. The number of carbonyl (C=O) groups is 4. The van der Waals surface area contributed by atoms with Gasteiger partial charge in [0.15, 0.2) is 0 Å². The van der Waals surface area contributed by atoms with Crippen molar-refractivity contribution in [2.75, 3.05) is 24.7 Å². The number of anilines is 1. The molecule has 0 radical (unpaired) electrons. The minimum absolute atomic E-state index is 0.0830. The molecule has 3 amide bonds. The fourth-order valence-electron chi connectivity index (χ4n) is 8.07. The number of halogens is 2. The normalized spacial score (nSPS) is 25.3. The first kappa shape index (κ1) is 38.4. The first-order chi connectivity index (χ1) is 25.6. The van der Waals surface area contributed by atoms with Crippen LogP contribution in [0.4, 0.5) is 5.69 Å². The van der Waals surface area contributed by atoms with E-state index in [1.54, 1.807) is 36.4 Å². The number of hydrogen-bond acceptors (Lipinski definition) is 7. The third-order valence-corrected chi connectivity index (χ3v) is 11.5. The Kier molecular flexibility index (Phi) is 12.2. The lowest BCUT2D eigenvalue weighted by Gasteiger charge is -2.39. The number of nitrogens with one attached hydrogen (secondary N) is 1. The third-order valence-electron chi connectivity index (χ3n) is 10.4. The van der Waals surface area contributed by atoms with Crippen molar-refractivity contribution in [2.45, 2.75) is 60.3 Å². The topological polar surface area (TPSA) is 125 Å². The maximum atomic E-state index is 15.1. The first-order valence-corrected chi connectivity index (χ1v) is 19.0. The zero-order chi connectivity index (χ0) is 37.7. The number of rotatable bonds is 16. The van der Waals surface area contributed by atoms with Gasteiger partial charge in [0.1, 0.15) is 18.2 Å². The molecule has 53 heavy (non-hydrogen) atoms. The molecule has 278 valence electrons. The molecule has 3 aliphatic rings. The number of likely N-dealkylation sites (tertiary alicyclic amines) is 1. The fourth-order valence-corrected chi connectivity index (χ4v) is 9.25. The van der Waals surface area contributed by atoms with Gasteiger partial charge in [-0.3, -0.25) is 19.2 Å². The van der Waals surface area contributed by atoms with Gasteiger partial charge in [0.05, 0.1) is 47.3 Å². The number of fused-ring (bicyclic) bond motifs is 1. The van der Waals surface area contributed by atoms with E-state index in [0.29, 0.717) is 22.7 Å². The molecule has 3 aromatic carbocycles. The minimum atomic E-state index is -1.42. The van der Waals surface area contributed by atoms with Gasteiger partial charge in [0, 0.05) is 17.8 Å². The van der Waals surface area contributed by atoms with Gasteiger partial charge in [0.2, 0.25) is 11.8 Å². The van der Waals surface area contributed by atoms with Crippen molar-refractivity contribution < 1.29 is 33.8 Å². The van der Waals surface area contributed by atoms with Gasteiger partial charge >= 0.3 is 5.97 Å². The largest absolute Gasteiger partial charge is 0.463 e. The highest BCUT2D eigenvalue weighted by molar-refractivity contribution is 9.09. The summed E-state index contributed by atoms with van der Waals surface area (Å²) in [5.74, 6) is -3.88. The summed E-state index contributed by atoms with van der Waals surface area (Å²) in [5, 5.41) is 14.3. The maximum Gasteiger partial charge on any atom is 0.306 e. The Morgan fingerprint density at radius 3 is 2.40 bits per heavy atom. The van der Waals surface area contributed by atoms with Crippen molar-refractivity contribution in [1.29, 1.82) is 0 Å². The molecule has 3 heterocycles. The molecule has 0 saturated carbocycles. The predicted octanol–water partition coefficient (Wildman–Crippen LogP) is 5.58. The third kappa shape index (κ3) is 7.58. The van der Waals surface area contributed by atoms with Gasteiger partial charge < -0.3 is 29.7 Å². The van der Waals surface area contributed by atoms with Crippen LogP contribution in [0.25, 0.3) is 0 Å². The summed E-state index contributed by atoms with van der Waals surface area (Å²) in [6.45, 7) is 7.04. The quantitative estimate of drug-likeness (QED) is 0.110. The first-order valence-electron chi connectivity index (χ1n) is 17.7. The van der Waals surface area contributed by atoms with E-state index in [9.17, 15) is 19.5 Å². The van der Waals surface area contributed by atoms with Gasteiger partial charge in [-0.25, -0.2) is 0 Å². The van der Waals surface area contributed by atoms with Crippen LogP contribution in [0.5, 0.6) is 0 Å². The maximum absolute atomic E-state index is 15.1. The number of carbonyl (C=O) groups excluding carboxylic acids is 4. The summed E-state index contributed by atoms with van der Waals surface area (Å²) in [6, 6.07) is 22.7. The van der Waals surface area contributed by atoms with E-state index in [1.807, 2.05) is 60.7 Å². The van der Waals surface area contributed by atoms with E-state index in [-0.39, 0.29) is 37.2 Å². The highest BCUT2D eigenvalue weighted by atomic mass is 79.9. The summed E-state index contributed by atoms with van der Waals surface area (Å²) in [5.41, 5.74) is 0.585. The van der Waals surface area contributed by atoms with Crippen molar-refractivity contribution in [3.8, 4) is 0 Å². The predicted molar refractivity (Wildman–Crippen MR) is 205 cm³/mol. The molecular weight excluding hydrogens is 762 g/mol. The average molecular weight is 805 g/mol. The molecule has 2 N–H and O–H groups in total. The van der Waals surface area contributed by atoms with Crippen LogP contribution >= 0.6 is 27.5 Å². The van der Waals surface area contributed by atoms with E-state index in [1.165, 1.54) is 9.80 Å². The van der Waals surface area contributed by atoms with E-state index < -0.39 is 72.0 Å². The zero-order valence-electron chi connectivity index (χ0n) is 29.2. The number of aliphatic hydroxyl groups is 1. The summed E-state index contributed by atoms with van der Waals surface area (Å²) in [4.78, 5) is 59.7. The zero-order valence-corrected chi connectivity index (χ0v) is 31.5. The number of para-hydroxylation sites is 1. The Labute approximate surface area is 322 Å². The van der Waals surface area contributed by atoms with E-state index in [4.69, 9.17) is 21.1 Å². The molecule has 1 spiro atoms. The molecule has 6 rings (SSSR count). The number of esters is 1. The van der Waals surface area contributed by atoms with E-state index >= 15 is 4.79 Å². The number of nitrogens with zero attached hydrogens (tertiary/aromatic N) is 2. The Hall–Kier alpha value is -4.29. The van der Waals surface area contributed by atoms with Crippen LogP contribution in [0, 0.1) is 11.8 Å². The average Bonchev–Trinajstić information content (AvgIpc) is 3.77. The van der Waals surface area contributed by atoms with Crippen LogP contribution in [-0.4, -0.2) is 82.1 Å². The number of aliphatic hydroxyl groups excluding tert-OH is 1. The van der Waals surface area contributed by atoms with Gasteiger partial charge in [0.25, 0.3) is 5.91 Å². The van der Waals surface area contributed by atoms with E-state index in [2.05, 4.69) is 34.4 Å². The number of amides is 3. The molecule has 3 fully saturated rings. The van der Waals surface area contributed by atoms with Crippen molar-refractivity contribution in [3.63, 3.8) is 0 Å². The van der Waals surface area contributed by atoms with Crippen LogP contribution in [0.3, 0.4) is 0 Å². The lowest BCUT2D eigenvalue weighted by Crippen LogP contribution is -2.59. The van der Waals surface area contributed by atoms with Crippen LogP contribution in [-0.2, 0) is 35.1 Å². The molecule has 8 atom stereocenters. The lowest BCUT2D eigenvalue weighted by molar-refractivity contribution is -0.146. The number of allylic oxidation sites excluding steroid dienone is 1. The number of hydrogen-bond donors (Lipinski definition) is 2. The van der Waals surface area contributed by atoms with Crippen molar-refractivity contribution in [2.24, 2.45) is 11.8 Å². The van der Waals surface area contributed by atoms with Crippen molar-refractivity contribution >= 4 is 56.9 Å². The SMILES string of the molecule is C=CCCC(=O)OC[C@@H](NC(=O)[C@@H]1[C@H]2O[C@@]3(CC2Br)[C@H](C(=O)N(CC=C)c2ccccc2Cl)N([C@@H](CO)Cc2ccccc2)C(=O)[C@@H]13)c1ccccc1. The monoisotopic (exact) mass is 803 g/mol. The Morgan fingerprint density at radius 2 is 1.74 bits per heavy atom. The second-order valence-electron chi connectivity index (χ2n) is 13.6. The van der Waals surface area contributed by atoms with Crippen molar-refractivity contribution in [1.82, 2.24) is 10.2 Å². The smallest absolute Gasteiger partial charge is 0.306 e. The summed E-state index contributed by atoms with van der Waals surface area (Å²) >= 11 is 10.4. The highest BCUT2D eigenvalue weighted by Gasteiger charge is 2.77. The number of ether oxygens (including phenoxy) is 2. The molecule has 12 heteroatoms. The number of benzene rings is 3. The van der Waals surface area contributed by atoms with Crippen LogP contribution in [0.15, 0.2) is 110 Å². The van der Waals surface area contributed by atoms with E-state index in [0.717, 1.165) is 5.56 Å². The molecular formula is C41H43BrClN3O7. The van der Waals surface area contributed by atoms with Gasteiger partial charge in [-0.1, -0.05) is 112 Å². The van der Waals surface area contributed by atoms with Crippen LogP contribution in [0.1, 0.15) is 36.4 Å². The van der Waals surface area contributed by atoms with Gasteiger partial charge in [-0.15, -0.1) is 13.2 Å². The van der Waals surface area contributed by atoms with Crippen LogP contribution < -0.4 is 10.2 Å². The molecule has 3 saturated heterocycles. The molecule has 10 nitrogen and oxygen atoms in total. The molecule has 0 aromatic heterocycles. The second-order valence-corrected chi connectivity index (χ2v) is 15.2. The standard InChI is InChI=1S/C41H43BrClN3O7/c1-3-5-20-33(48)52-25-31(27-16-10-7-11-17-27)44-38(49)34-35-39(50)46(28(24-47)22-26-14-8-6-9-15-26)37(41(35)23-29(42)36(34)53-41)40(51)45(21-4-2)32-19-13-12-18-30(32)43/h3-4,6-19,28-29,31,34-37,47H,1-2,5,20-25H2,(H,44,49)/t28-,29?,31-,34+,35-,36+,37+,41-/m1/s1. The molecule has 1 unspecified atom stereocenters. The fraction of sp³-hybridized carbons (Fsp3) is 0.366. The summed E-state index contributed by atoms with van der Waals surface area (Å²) in [7, 11) is 0. The Morgan fingerprint density at radius 1 is 1.06 bits per heavy atom. The summed E-state index contributed by atoms with van der Waals surface area (Å²) < 4.78 is 12.3. The molecule has 2 bridgehead atoms. The lowest BCUT2D eigenvalue weighted by atomic mass is 9.70. The van der Waals surface area contributed by atoms with Crippen LogP contribution in [0.2, 0.25) is 5.02 Å². The summed E-state index contributed by atoms with van der Waals surface area (Å²) in [6.07, 6.45) is 3.59. The Bertz CT molecular complexity index is 1830. The van der Waals surface area contributed by atoms with Gasteiger partial charge in [-0.2, -0.15) is 0 Å².